The lowest BCUT2D eigenvalue weighted by Crippen LogP contribution is -2.45. The minimum Gasteiger partial charge on any atom is -0.348 e. The van der Waals surface area contributed by atoms with Gasteiger partial charge in [0.15, 0.2) is 0 Å². The van der Waals surface area contributed by atoms with Crippen LogP contribution in [0.25, 0.3) is 0 Å². The Balaban J connectivity index is 0.00000243. The maximum Gasteiger partial charge on any atom is 0.251 e. The average Bonchev–Trinajstić information content (AvgIpc) is 3.05. The SMILES string of the molecule is Cl.NCC(NC(=O)c1ccc(CN2CCCC2=O)cc1)C1CCCCC1. The normalized spacial score (nSPS) is 19.1. The minimum atomic E-state index is -0.0511. The van der Waals surface area contributed by atoms with Crippen LogP contribution >= 0.6 is 12.4 Å². The lowest BCUT2D eigenvalue weighted by Gasteiger charge is -2.30. The number of hydrogen-bond donors (Lipinski definition) is 2. The molecule has 26 heavy (non-hydrogen) atoms. The van der Waals surface area contributed by atoms with Gasteiger partial charge in [-0.25, -0.2) is 0 Å². The zero-order valence-electron chi connectivity index (χ0n) is 15.3. The largest absolute Gasteiger partial charge is 0.348 e. The van der Waals surface area contributed by atoms with Crippen LogP contribution in [0, 0.1) is 5.92 Å². The second kappa shape index (κ2) is 9.93. The van der Waals surface area contributed by atoms with Crippen molar-refractivity contribution in [1.29, 1.82) is 0 Å². The monoisotopic (exact) mass is 379 g/mol. The summed E-state index contributed by atoms with van der Waals surface area (Å²) in [6.07, 6.45) is 7.68. The van der Waals surface area contributed by atoms with Crippen molar-refractivity contribution in [2.45, 2.75) is 57.5 Å². The Labute approximate surface area is 162 Å². The van der Waals surface area contributed by atoms with Crippen molar-refractivity contribution < 1.29 is 9.59 Å². The molecule has 6 heteroatoms. The molecule has 0 bridgehead atoms. The predicted molar refractivity (Wildman–Crippen MR) is 105 cm³/mol. The summed E-state index contributed by atoms with van der Waals surface area (Å²) < 4.78 is 0. The fourth-order valence-corrected chi connectivity index (χ4v) is 4.01. The fourth-order valence-electron chi connectivity index (χ4n) is 4.01. The van der Waals surface area contributed by atoms with Gasteiger partial charge >= 0.3 is 0 Å². The quantitative estimate of drug-likeness (QED) is 0.797. The number of nitrogens with zero attached hydrogens (tertiary/aromatic N) is 1. The van der Waals surface area contributed by atoms with Gasteiger partial charge in [0.05, 0.1) is 0 Å². The van der Waals surface area contributed by atoms with E-state index in [0.717, 1.165) is 31.4 Å². The summed E-state index contributed by atoms with van der Waals surface area (Å²) in [7, 11) is 0. The number of rotatable bonds is 6. The van der Waals surface area contributed by atoms with Gasteiger partial charge in [-0.05, 0) is 42.9 Å². The lowest BCUT2D eigenvalue weighted by atomic mass is 9.84. The summed E-state index contributed by atoms with van der Waals surface area (Å²) in [5.41, 5.74) is 7.63. The summed E-state index contributed by atoms with van der Waals surface area (Å²) >= 11 is 0. The van der Waals surface area contributed by atoms with E-state index >= 15 is 0 Å². The number of likely N-dealkylation sites (tertiary alicyclic amines) is 1. The van der Waals surface area contributed by atoms with Gasteiger partial charge in [0.1, 0.15) is 0 Å². The second-order valence-corrected chi connectivity index (χ2v) is 7.33. The zero-order chi connectivity index (χ0) is 17.6. The van der Waals surface area contributed by atoms with Gasteiger partial charge in [-0.2, -0.15) is 0 Å². The lowest BCUT2D eigenvalue weighted by molar-refractivity contribution is -0.128. The molecular weight excluding hydrogens is 350 g/mol. The number of amides is 2. The maximum atomic E-state index is 12.5. The number of halogens is 1. The molecule has 1 atom stereocenters. The van der Waals surface area contributed by atoms with Gasteiger partial charge in [-0.1, -0.05) is 31.4 Å². The molecule has 1 aromatic carbocycles. The van der Waals surface area contributed by atoms with Crippen molar-refractivity contribution in [3.63, 3.8) is 0 Å². The third kappa shape index (κ3) is 5.21. The molecule has 1 aliphatic heterocycles. The minimum absolute atomic E-state index is 0. The summed E-state index contributed by atoms with van der Waals surface area (Å²) in [6.45, 7) is 1.96. The molecular formula is C20H30ClN3O2. The smallest absolute Gasteiger partial charge is 0.251 e. The van der Waals surface area contributed by atoms with Crippen molar-refractivity contribution in [3.05, 3.63) is 35.4 Å². The molecule has 144 valence electrons. The van der Waals surface area contributed by atoms with Gasteiger partial charge in [0.2, 0.25) is 5.91 Å². The summed E-state index contributed by atoms with van der Waals surface area (Å²) in [6, 6.07) is 7.64. The van der Waals surface area contributed by atoms with Crippen LogP contribution in [0.5, 0.6) is 0 Å². The van der Waals surface area contributed by atoms with E-state index in [9.17, 15) is 9.59 Å². The van der Waals surface area contributed by atoms with Gasteiger partial charge in [-0.3, -0.25) is 9.59 Å². The van der Waals surface area contributed by atoms with Gasteiger partial charge in [0, 0.05) is 37.7 Å². The van der Waals surface area contributed by atoms with Crippen LogP contribution in [0.3, 0.4) is 0 Å². The molecule has 1 aromatic rings. The molecule has 3 rings (SSSR count). The van der Waals surface area contributed by atoms with Crippen LogP contribution in [-0.2, 0) is 11.3 Å². The molecule has 2 aliphatic rings. The highest BCUT2D eigenvalue weighted by molar-refractivity contribution is 5.94. The van der Waals surface area contributed by atoms with Gasteiger partial charge < -0.3 is 16.0 Å². The van der Waals surface area contributed by atoms with Gasteiger partial charge in [-0.15, -0.1) is 12.4 Å². The molecule has 3 N–H and O–H groups in total. The van der Waals surface area contributed by atoms with E-state index < -0.39 is 0 Å². The van der Waals surface area contributed by atoms with Crippen LogP contribution in [0.2, 0.25) is 0 Å². The van der Waals surface area contributed by atoms with E-state index in [1.807, 2.05) is 29.2 Å². The van der Waals surface area contributed by atoms with E-state index in [4.69, 9.17) is 5.73 Å². The summed E-state index contributed by atoms with van der Waals surface area (Å²) in [5.74, 6) is 0.674. The number of nitrogens with two attached hydrogens (primary N) is 1. The highest BCUT2D eigenvalue weighted by Crippen LogP contribution is 2.26. The van der Waals surface area contributed by atoms with Crippen LogP contribution in [0.1, 0.15) is 60.9 Å². The zero-order valence-corrected chi connectivity index (χ0v) is 16.1. The Morgan fingerprint density at radius 1 is 1.15 bits per heavy atom. The van der Waals surface area contributed by atoms with Gasteiger partial charge in [0.25, 0.3) is 5.91 Å². The summed E-state index contributed by atoms with van der Waals surface area (Å²) in [4.78, 5) is 26.1. The highest BCUT2D eigenvalue weighted by Gasteiger charge is 2.24. The molecule has 2 fully saturated rings. The summed E-state index contributed by atoms with van der Waals surface area (Å²) in [5, 5.41) is 3.12. The van der Waals surface area contributed by atoms with Crippen molar-refractivity contribution in [1.82, 2.24) is 10.2 Å². The fraction of sp³-hybridized carbons (Fsp3) is 0.600. The third-order valence-electron chi connectivity index (χ3n) is 5.55. The molecule has 1 unspecified atom stereocenters. The Morgan fingerprint density at radius 3 is 2.42 bits per heavy atom. The topological polar surface area (TPSA) is 75.4 Å². The first-order valence-corrected chi connectivity index (χ1v) is 9.55. The predicted octanol–water partition coefficient (Wildman–Crippen LogP) is 2.87. The van der Waals surface area contributed by atoms with Crippen molar-refractivity contribution >= 4 is 24.2 Å². The average molecular weight is 380 g/mol. The molecule has 5 nitrogen and oxygen atoms in total. The molecule has 0 aromatic heterocycles. The Kier molecular flexibility index (Phi) is 7.91. The van der Waals surface area contributed by atoms with E-state index in [0.29, 0.717) is 31.0 Å². The van der Waals surface area contributed by atoms with E-state index in [-0.39, 0.29) is 30.3 Å². The van der Waals surface area contributed by atoms with Crippen molar-refractivity contribution in [2.75, 3.05) is 13.1 Å². The molecule has 1 saturated heterocycles. The first-order chi connectivity index (χ1) is 12.2. The Bertz CT molecular complexity index is 600. The maximum absolute atomic E-state index is 12.5. The van der Waals surface area contributed by atoms with E-state index in [1.165, 1.54) is 19.3 Å². The van der Waals surface area contributed by atoms with Crippen LogP contribution in [0.15, 0.2) is 24.3 Å². The third-order valence-corrected chi connectivity index (χ3v) is 5.55. The number of hydrogen-bond acceptors (Lipinski definition) is 3. The van der Waals surface area contributed by atoms with Crippen LogP contribution in [-0.4, -0.2) is 35.8 Å². The van der Waals surface area contributed by atoms with E-state index in [1.54, 1.807) is 0 Å². The first-order valence-electron chi connectivity index (χ1n) is 9.55. The molecule has 1 heterocycles. The van der Waals surface area contributed by atoms with Crippen molar-refractivity contribution in [3.8, 4) is 0 Å². The van der Waals surface area contributed by atoms with Crippen LogP contribution in [0.4, 0.5) is 0 Å². The number of nitrogens with one attached hydrogen (secondary N) is 1. The molecule has 0 radical (unpaired) electrons. The Hall–Kier alpha value is -1.59. The Morgan fingerprint density at radius 2 is 1.85 bits per heavy atom. The first kappa shape index (κ1) is 20.7. The highest BCUT2D eigenvalue weighted by atomic mass is 35.5. The molecule has 2 amide bonds. The standard InChI is InChI=1S/C20H29N3O2.ClH/c21-13-18(16-5-2-1-3-6-16)22-20(25)17-10-8-15(9-11-17)14-23-12-4-7-19(23)24;/h8-11,16,18H,1-7,12-14,21H2,(H,22,25);1H. The second-order valence-electron chi connectivity index (χ2n) is 7.33. The number of carbonyl (C=O) groups is 2. The molecule has 1 aliphatic carbocycles. The number of carbonyl (C=O) groups excluding carboxylic acids is 2. The van der Waals surface area contributed by atoms with E-state index in [2.05, 4.69) is 5.32 Å². The molecule has 1 saturated carbocycles. The number of benzene rings is 1. The molecule has 0 spiro atoms. The van der Waals surface area contributed by atoms with Crippen LogP contribution < -0.4 is 11.1 Å². The van der Waals surface area contributed by atoms with Crippen molar-refractivity contribution in [2.24, 2.45) is 11.7 Å².